The number of carbonyl (C=O) groups is 3. The molecule has 1 aromatic carbocycles. The van der Waals surface area contributed by atoms with Crippen LogP contribution in [-0.4, -0.2) is 60.7 Å². The zero-order valence-electron chi connectivity index (χ0n) is 14.1. The molecule has 0 radical (unpaired) electrons. The molecule has 130 valence electrons. The molecule has 1 saturated heterocycles. The number of anilines is 1. The van der Waals surface area contributed by atoms with Gasteiger partial charge in [0.2, 0.25) is 17.7 Å². The minimum Gasteiger partial charge on any atom is -0.366 e. The summed E-state index contributed by atoms with van der Waals surface area (Å²) in [7, 11) is 3.50. The number of nitrogens with two attached hydrogens (primary N) is 1. The molecule has 1 fully saturated rings. The van der Waals surface area contributed by atoms with E-state index in [4.69, 9.17) is 5.73 Å². The van der Waals surface area contributed by atoms with Crippen LogP contribution < -0.4 is 11.1 Å². The largest absolute Gasteiger partial charge is 0.366 e. The van der Waals surface area contributed by atoms with Gasteiger partial charge in [0.1, 0.15) is 0 Å². The Bertz CT molecular complexity index is 613. The van der Waals surface area contributed by atoms with Gasteiger partial charge in [-0.05, 0) is 43.7 Å². The predicted molar refractivity (Wildman–Crippen MR) is 91.5 cm³/mol. The number of hydrogen-bond donors (Lipinski definition) is 2. The molecule has 24 heavy (non-hydrogen) atoms. The maximum atomic E-state index is 12.1. The van der Waals surface area contributed by atoms with Crippen LogP contribution in [0.4, 0.5) is 5.69 Å². The first-order valence-corrected chi connectivity index (χ1v) is 8.03. The van der Waals surface area contributed by atoms with E-state index >= 15 is 0 Å². The number of nitrogens with one attached hydrogen (secondary N) is 1. The van der Waals surface area contributed by atoms with Crippen LogP contribution in [0.25, 0.3) is 0 Å². The van der Waals surface area contributed by atoms with Gasteiger partial charge in [0.25, 0.3) is 0 Å². The number of carbonyl (C=O) groups excluding carboxylic acids is 3. The van der Waals surface area contributed by atoms with Crippen LogP contribution in [-0.2, 0) is 9.59 Å². The van der Waals surface area contributed by atoms with E-state index in [-0.39, 0.29) is 17.9 Å². The molecule has 2 rings (SSSR count). The van der Waals surface area contributed by atoms with Crippen molar-refractivity contribution in [1.82, 2.24) is 9.80 Å². The van der Waals surface area contributed by atoms with E-state index in [0.717, 1.165) is 19.4 Å². The molecule has 1 unspecified atom stereocenters. The monoisotopic (exact) mass is 332 g/mol. The molecule has 1 aromatic rings. The Labute approximate surface area is 141 Å². The summed E-state index contributed by atoms with van der Waals surface area (Å²) >= 11 is 0. The summed E-state index contributed by atoms with van der Waals surface area (Å²) in [6.07, 6.45) is 2.13. The second-order valence-corrected chi connectivity index (χ2v) is 6.17. The van der Waals surface area contributed by atoms with Gasteiger partial charge in [0, 0.05) is 38.3 Å². The summed E-state index contributed by atoms with van der Waals surface area (Å²) in [5.41, 5.74) is 6.19. The van der Waals surface area contributed by atoms with Gasteiger partial charge in [0.15, 0.2) is 0 Å². The molecule has 7 nitrogen and oxygen atoms in total. The number of hydrogen-bond acceptors (Lipinski definition) is 4. The van der Waals surface area contributed by atoms with E-state index in [2.05, 4.69) is 10.2 Å². The topological polar surface area (TPSA) is 95.7 Å². The predicted octanol–water partition coefficient (Wildman–Crippen LogP) is 0.667. The van der Waals surface area contributed by atoms with Gasteiger partial charge in [-0.25, -0.2) is 0 Å². The van der Waals surface area contributed by atoms with Crippen molar-refractivity contribution in [2.24, 2.45) is 5.73 Å². The smallest absolute Gasteiger partial charge is 0.248 e. The second-order valence-electron chi connectivity index (χ2n) is 6.17. The molecule has 0 aromatic heterocycles. The van der Waals surface area contributed by atoms with Crippen LogP contribution in [0, 0.1) is 0 Å². The minimum atomic E-state index is -0.501. The SMILES string of the molecule is CN(C)C(=O)C1CCCN1CCC(=O)Nc1ccc(C(N)=O)cc1. The Balaban J connectivity index is 1.84. The van der Waals surface area contributed by atoms with E-state index in [1.54, 1.807) is 43.3 Å². The number of benzene rings is 1. The van der Waals surface area contributed by atoms with Crippen LogP contribution in [0.5, 0.6) is 0 Å². The van der Waals surface area contributed by atoms with Crippen LogP contribution in [0.2, 0.25) is 0 Å². The van der Waals surface area contributed by atoms with Crippen LogP contribution in [0.3, 0.4) is 0 Å². The third-order valence-corrected chi connectivity index (χ3v) is 4.17. The third kappa shape index (κ3) is 4.55. The van der Waals surface area contributed by atoms with Gasteiger partial charge >= 0.3 is 0 Å². The molecule has 1 aliphatic rings. The summed E-state index contributed by atoms with van der Waals surface area (Å²) in [4.78, 5) is 38.9. The van der Waals surface area contributed by atoms with Gasteiger partial charge in [0.05, 0.1) is 6.04 Å². The van der Waals surface area contributed by atoms with Gasteiger partial charge in [-0.15, -0.1) is 0 Å². The van der Waals surface area contributed by atoms with Crippen molar-refractivity contribution in [3.63, 3.8) is 0 Å². The molecule has 7 heteroatoms. The van der Waals surface area contributed by atoms with E-state index in [1.165, 1.54) is 0 Å². The Morgan fingerprint density at radius 2 is 1.92 bits per heavy atom. The zero-order chi connectivity index (χ0) is 17.7. The highest BCUT2D eigenvalue weighted by Gasteiger charge is 2.31. The fraction of sp³-hybridized carbons (Fsp3) is 0.471. The molecule has 0 bridgehead atoms. The summed E-state index contributed by atoms with van der Waals surface area (Å²) in [5, 5.41) is 2.79. The van der Waals surface area contributed by atoms with Crippen molar-refractivity contribution >= 4 is 23.4 Å². The van der Waals surface area contributed by atoms with Crippen molar-refractivity contribution in [1.29, 1.82) is 0 Å². The number of likely N-dealkylation sites (tertiary alicyclic amines) is 1. The Morgan fingerprint density at radius 3 is 2.50 bits per heavy atom. The highest BCUT2D eigenvalue weighted by molar-refractivity contribution is 5.94. The normalized spacial score (nSPS) is 17.5. The Kier molecular flexibility index (Phi) is 5.92. The maximum Gasteiger partial charge on any atom is 0.248 e. The first-order valence-electron chi connectivity index (χ1n) is 8.03. The quantitative estimate of drug-likeness (QED) is 0.800. The van der Waals surface area contributed by atoms with E-state index < -0.39 is 5.91 Å². The van der Waals surface area contributed by atoms with Gasteiger partial charge in [-0.2, -0.15) is 0 Å². The fourth-order valence-corrected chi connectivity index (χ4v) is 2.86. The molecule has 0 aliphatic carbocycles. The molecule has 1 heterocycles. The highest BCUT2D eigenvalue weighted by Crippen LogP contribution is 2.19. The molecule has 0 spiro atoms. The van der Waals surface area contributed by atoms with Crippen molar-refractivity contribution in [2.45, 2.75) is 25.3 Å². The lowest BCUT2D eigenvalue weighted by Gasteiger charge is -2.25. The zero-order valence-corrected chi connectivity index (χ0v) is 14.1. The van der Waals surface area contributed by atoms with Crippen molar-refractivity contribution in [3.05, 3.63) is 29.8 Å². The second kappa shape index (κ2) is 7.92. The van der Waals surface area contributed by atoms with Crippen LogP contribution in [0.15, 0.2) is 24.3 Å². The average molecular weight is 332 g/mol. The Morgan fingerprint density at radius 1 is 1.25 bits per heavy atom. The number of nitrogens with zero attached hydrogens (tertiary/aromatic N) is 2. The maximum absolute atomic E-state index is 12.1. The molecule has 1 aliphatic heterocycles. The lowest BCUT2D eigenvalue weighted by molar-refractivity contribution is -0.133. The van der Waals surface area contributed by atoms with Crippen molar-refractivity contribution in [2.75, 3.05) is 32.5 Å². The van der Waals surface area contributed by atoms with Crippen molar-refractivity contribution in [3.8, 4) is 0 Å². The first kappa shape index (κ1) is 17.9. The first-order chi connectivity index (χ1) is 11.4. The molecule has 1 atom stereocenters. The number of primary amides is 1. The average Bonchev–Trinajstić information content (AvgIpc) is 3.01. The lowest BCUT2D eigenvalue weighted by atomic mass is 10.2. The number of rotatable bonds is 6. The van der Waals surface area contributed by atoms with Gasteiger partial charge in [-0.1, -0.05) is 0 Å². The number of amides is 3. The molecule has 3 N–H and O–H groups in total. The third-order valence-electron chi connectivity index (χ3n) is 4.17. The van der Waals surface area contributed by atoms with Gasteiger partial charge in [-0.3, -0.25) is 19.3 Å². The fourth-order valence-electron chi connectivity index (χ4n) is 2.86. The lowest BCUT2D eigenvalue weighted by Crippen LogP contribution is -2.43. The summed E-state index contributed by atoms with van der Waals surface area (Å²) < 4.78 is 0. The van der Waals surface area contributed by atoms with Crippen molar-refractivity contribution < 1.29 is 14.4 Å². The molecule has 3 amide bonds. The van der Waals surface area contributed by atoms with Gasteiger partial charge < -0.3 is 16.0 Å². The van der Waals surface area contributed by atoms with Crippen LogP contribution >= 0.6 is 0 Å². The molecular formula is C17H24N4O3. The molecular weight excluding hydrogens is 308 g/mol. The summed E-state index contributed by atoms with van der Waals surface area (Å²) in [6, 6.07) is 6.31. The summed E-state index contributed by atoms with van der Waals surface area (Å²) in [5.74, 6) is -0.529. The van der Waals surface area contributed by atoms with E-state index in [0.29, 0.717) is 24.2 Å². The number of likely N-dealkylation sites (N-methyl/N-ethyl adjacent to an activating group) is 1. The minimum absolute atomic E-state index is 0.0925. The van der Waals surface area contributed by atoms with Crippen LogP contribution in [0.1, 0.15) is 29.6 Å². The van der Waals surface area contributed by atoms with E-state index in [9.17, 15) is 14.4 Å². The summed E-state index contributed by atoms with van der Waals surface area (Å²) in [6.45, 7) is 1.39. The Hall–Kier alpha value is -2.41. The molecule has 0 saturated carbocycles. The standard InChI is InChI=1S/C17H24N4O3/c1-20(2)17(24)14-4-3-10-21(14)11-9-15(22)19-13-7-5-12(6-8-13)16(18)23/h5-8,14H,3-4,9-11H2,1-2H3,(H2,18,23)(H,19,22). The highest BCUT2D eigenvalue weighted by atomic mass is 16.2. The van der Waals surface area contributed by atoms with E-state index in [1.807, 2.05) is 0 Å².